The first-order valence-electron chi connectivity index (χ1n) is 7.86. The Morgan fingerprint density at radius 1 is 1.25 bits per heavy atom. The molecule has 126 valence electrons. The van der Waals surface area contributed by atoms with Crippen molar-refractivity contribution in [1.82, 2.24) is 20.6 Å². The van der Waals surface area contributed by atoms with E-state index in [1.54, 1.807) is 0 Å². The van der Waals surface area contributed by atoms with Crippen LogP contribution < -0.4 is 10.6 Å². The van der Waals surface area contributed by atoms with Gasteiger partial charge in [0.15, 0.2) is 0 Å². The molecule has 6 nitrogen and oxygen atoms in total. The number of hydrogen-bond donors (Lipinski definition) is 3. The normalized spacial score (nSPS) is 15.1. The second-order valence-electron chi connectivity index (χ2n) is 5.87. The summed E-state index contributed by atoms with van der Waals surface area (Å²) in [7, 11) is 0. The lowest BCUT2D eigenvalue weighted by Gasteiger charge is -2.16. The van der Waals surface area contributed by atoms with E-state index in [4.69, 9.17) is 11.6 Å². The maximum atomic E-state index is 11.9. The van der Waals surface area contributed by atoms with E-state index in [-0.39, 0.29) is 23.3 Å². The van der Waals surface area contributed by atoms with E-state index in [2.05, 4.69) is 32.7 Å². The molecule has 0 saturated heterocycles. The molecule has 1 atom stereocenters. The molecule has 7 heteroatoms. The van der Waals surface area contributed by atoms with Gasteiger partial charge in [-0.1, -0.05) is 35.9 Å². The number of aliphatic hydroxyl groups is 1. The van der Waals surface area contributed by atoms with Crippen LogP contribution in [-0.2, 0) is 12.8 Å². The Kier molecular flexibility index (Phi) is 5.40. The summed E-state index contributed by atoms with van der Waals surface area (Å²) in [6.07, 6.45) is 2.49. The lowest BCUT2D eigenvalue weighted by Crippen LogP contribution is -2.42. The number of aromatic nitrogens is 2. The zero-order valence-electron chi connectivity index (χ0n) is 13.1. The second kappa shape index (κ2) is 7.70. The van der Waals surface area contributed by atoms with Gasteiger partial charge in [0.1, 0.15) is 17.2 Å². The zero-order chi connectivity index (χ0) is 16.9. The van der Waals surface area contributed by atoms with Gasteiger partial charge in [0.25, 0.3) is 5.91 Å². The molecule has 3 N–H and O–H groups in total. The Hall–Kier alpha value is -2.02. The first-order valence-corrected chi connectivity index (χ1v) is 8.23. The fraction of sp³-hybridized carbons (Fsp3) is 0.353. The van der Waals surface area contributed by atoms with Gasteiger partial charge in [-0.05, 0) is 24.0 Å². The van der Waals surface area contributed by atoms with Gasteiger partial charge in [-0.2, -0.15) is 0 Å². The summed E-state index contributed by atoms with van der Waals surface area (Å²) in [5.41, 5.74) is 2.90. The van der Waals surface area contributed by atoms with Gasteiger partial charge in [-0.25, -0.2) is 9.97 Å². The Labute approximate surface area is 145 Å². The number of benzene rings is 1. The van der Waals surface area contributed by atoms with Crippen LogP contribution in [0.25, 0.3) is 0 Å². The van der Waals surface area contributed by atoms with Gasteiger partial charge in [-0.3, -0.25) is 4.79 Å². The summed E-state index contributed by atoms with van der Waals surface area (Å²) in [5.74, 6) is -0.383. The number of carbonyl (C=O) groups is 1. The highest BCUT2D eigenvalue weighted by molar-refractivity contribution is 6.29. The molecule has 0 aliphatic heterocycles. The highest BCUT2D eigenvalue weighted by atomic mass is 35.5. The van der Waals surface area contributed by atoms with Gasteiger partial charge in [-0.15, -0.1) is 0 Å². The first-order chi connectivity index (χ1) is 11.6. The number of amides is 1. The molecule has 1 heterocycles. The van der Waals surface area contributed by atoms with Crippen molar-refractivity contribution >= 4 is 17.5 Å². The number of carbonyl (C=O) groups excluding carboxylic acids is 1. The van der Waals surface area contributed by atoms with E-state index in [1.807, 2.05) is 12.1 Å². The van der Waals surface area contributed by atoms with Crippen molar-refractivity contribution in [2.75, 3.05) is 13.1 Å². The molecule has 0 fully saturated rings. The summed E-state index contributed by atoms with van der Waals surface area (Å²) in [6, 6.07) is 10.1. The van der Waals surface area contributed by atoms with E-state index in [0.29, 0.717) is 12.6 Å². The van der Waals surface area contributed by atoms with Gasteiger partial charge < -0.3 is 15.7 Å². The summed E-state index contributed by atoms with van der Waals surface area (Å²) in [5, 5.41) is 16.2. The van der Waals surface area contributed by atoms with E-state index >= 15 is 0 Å². The Bertz CT molecular complexity index is 700. The fourth-order valence-corrected chi connectivity index (χ4v) is 2.98. The average Bonchev–Trinajstić information content (AvgIpc) is 3.00. The van der Waals surface area contributed by atoms with Crippen LogP contribution in [-0.4, -0.2) is 46.2 Å². The highest BCUT2D eigenvalue weighted by Crippen LogP contribution is 2.21. The van der Waals surface area contributed by atoms with Crippen molar-refractivity contribution in [3.63, 3.8) is 0 Å². The molecule has 0 radical (unpaired) electrons. The molecule has 24 heavy (non-hydrogen) atoms. The van der Waals surface area contributed by atoms with Crippen LogP contribution in [0.3, 0.4) is 0 Å². The molecule has 1 aromatic heterocycles. The molecule has 0 saturated carbocycles. The lowest BCUT2D eigenvalue weighted by molar-refractivity contribution is 0.0909. The monoisotopic (exact) mass is 346 g/mol. The van der Waals surface area contributed by atoms with Gasteiger partial charge >= 0.3 is 0 Å². The predicted octanol–water partition coefficient (Wildman–Crippen LogP) is 0.978. The number of fused-ring (bicyclic) bond motifs is 1. The zero-order valence-corrected chi connectivity index (χ0v) is 13.8. The number of hydrogen-bond acceptors (Lipinski definition) is 5. The lowest BCUT2D eigenvalue weighted by atomic mass is 10.1. The minimum atomic E-state index is -0.671. The summed E-state index contributed by atoms with van der Waals surface area (Å²) in [4.78, 5) is 19.5. The third kappa shape index (κ3) is 4.29. The smallest absolute Gasteiger partial charge is 0.270 e. The quantitative estimate of drug-likeness (QED) is 0.679. The minimum Gasteiger partial charge on any atom is -0.390 e. The van der Waals surface area contributed by atoms with Crippen LogP contribution in [0.5, 0.6) is 0 Å². The topological polar surface area (TPSA) is 87.1 Å². The predicted molar refractivity (Wildman–Crippen MR) is 91.0 cm³/mol. The van der Waals surface area contributed by atoms with Gasteiger partial charge in [0, 0.05) is 25.2 Å². The maximum Gasteiger partial charge on any atom is 0.270 e. The van der Waals surface area contributed by atoms with Crippen LogP contribution in [0.2, 0.25) is 5.15 Å². The number of nitrogens with zero attached hydrogens (tertiary/aromatic N) is 2. The number of rotatable bonds is 6. The minimum absolute atomic E-state index is 0.146. The molecule has 0 bridgehead atoms. The fourth-order valence-electron chi connectivity index (χ4n) is 2.84. The average molecular weight is 347 g/mol. The van der Waals surface area contributed by atoms with E-state index < -0.39 is 6.10 Å². The molecular formula is C17H19ClN4O2. The van der Waals surface area contributed by atoms with Crippen molar-refractivity contribution in [3.05, 3.63) is 58.6 Å². The largest absolute Gasteiger partial charge is 0.390 e. The summed E-state index contributed by atoms with van der Waals surface area (Å²) >= 11 is 5.72. The molecule has 1 aliphatic carbocycles. The van der Waals surface area contributed by atoms with Crippen LogP contribution in [0.1, 0.15) is 21.6 Å². The Morgan fingerprint density at radius 2 is 1.96 bits per heavy atom. The van der Waals surface area contributed by atoms with E-state index in [0.717, 1.165) is 12.8 Å². The van der Waals surface area contributed by atoms with Crippen molar-refractivity contribution in [2.45, 2.75) is 25.0 Å². The molecule has 0 spiro atoms. The van der Waals surface area contributed by atoms with Crippen LogP contribution >= 0.6 is 11.6 Å². The van der Waals surface area contributed by atoms with Crippen molar-refractivity contribution < 1.29 is 9.90 Å². The Balaban J connectivity index is 1.40. The highest BCUT2D eigenvalue weighted by Gasteiger charge is 2.21. The molecule has 1 unspecified atom stereocenters. The second-order valence-corrected chi connectivity index (χ2v) is 6.26. The third-order valence-corrected chi connectivity index (χ3v) is 4.26. The van der Waals surface area contributed by atoms with Crippen molar-refractivity contribution in [3.8, 4) is 0 Å². The molecular weight excluding hydrogens is 328 g/mol. The van der Waals surface area contributed by atoms with Gasteiger partial charge in [0.05, 0.1) is 6.10 Å². The number of aliphatic hydroxyl groups excluding tert-OH is 1. The Morgan fingerprint density at radius 3 is 2.62 bits per heavy atom. The van der Waals surface area contributed by atoms with Crippen molar-refractivity contribution in [2.24, 2.45) is 0 Å². The summed E-state index contributed by atoms with van der Waals surface area (Å²) < 4.78 is 0. The molecule has 1 aromatic carbocycles. The first kappa shape index (κ1) is 16.8. The van der Waals surface area contributed by atoms with Crippen molar-refractivity contribution in [1.29, 1.82) is 0 Å². The SMILES string of the molecule is O=C(NCC(O)CNC1Cc2ccccc2C1)c1cc(Cl)ncn1. The molecule has 1 aliphatic rings. The number of halogens is 1. The standard InChI is InChI=1S/C17H19ClN4O2/c18-16-7-15(21-10-22-16)17(24)20-9-14(23)8-19-13-5-11-3-1-2-4-12(11)6-13/h1-4,7,10,13-14,19,23H,5-6,8-9H2,(H,20,24). The van der Waals surface area contributed by atoms with Crippen LogP contribution in [0.4, 0.5) is 0 Å². The van der Waals surface area contributed by atoms with E-state index in [9.17, 15) is 9.90 Å². The molecule has 2 aromatic rings. The third-order valence-electron chi connectivity index (χ3n) is 4.06. The number of nitrogens with one attached hydrogen (secondary N) is 2. The van der Waals surface area contributed by atoms with Crippen LogP contribution in [0.15, 0.2) is 36.7 Å². The molecule has 3 rings (SSSR count). The van der Waals surface area contributed by atoms with E-state index in [1.165, 1.54) is 23.5 Å². The van der Waals surface area contributed by atoms with Crippen LogP contribution in [0, 0.1) is 0 Å². The maximum absolute atomic E-state index is 11.9. The summed E-state index contributed by atoms with van der Waals surface area (Å²) in [6.45, 7) is 0.566. The molecule has 1 amide bonds. The van der Waals surface area contributed by atoms with Gasteiger partial charge in [0.2, 0.25) is 0 Å².